The van der Waals surface area contributed by atoms with Crippen LogP contribution in [-0.4, -0.2) is 15.7 Å². The lowest BCUT2D eigenvalue weighted by molar-refractivity contribution is 0.112. The third-order valence-corrected chi connectivity index (χ3v) is 3.77. The summed E-state index contributed by atoms with van der Waals surface area (Å²) in [5.41, 5.74) is 5.94. The fourth-order valence-corrected chi connectivity index (χ4v) is 2.51. The number of pyridine rings is 1. The summed E-state index contributed by atoms with van der Waals surface area (Å²) < 4.78 is 1.99. The average Bonchev–Trinajstić information content (AvgIpc) is 2.82. The number of benzene rings is 1. The predicted molar refractivity (Wildman–Crippen MR) is 80.2 cm³/mol. The van der Waals surface area contributed by atoms with Crippen LogP contribution in [0, 0.1) is 20.8 Å². The molecule has 3 aromatic rings. The van der Waals surface area contributed by atoms with Crippen LogP contribution in [0.2, 0.25) is 0 Å². The van der Waals surface area contributed by atoms with Gasteiger partial charge in [0.25, 0.3) is 0 Å². The zero-order valence-corrected chi connectivity index (χ0v) is 11.8. The topological polar surface area (TPSA) is 34.4 Å². The highest BCUT2D eigenvalue weighted by molar-refractivity contribution is 5.87. The minimum Gasteiger partial charge on any atom is -0.299 e. The zero-order valence-electron chi connectivity index (χ0n) is 11.8. The molecule has 2 heterocycles. The molecule has 3 heteroatoms. The Morgan fingerprint density at radius 3 is 2.55 bits per heavy atom. The van der Waals surface area contributed by atoms with Crippen LogP contribution in [0.1, 0.15) is 27.2 Å². The van der Waals surface area contributed by atoms with Gasteiger partial charge in [-0.3, -0.25) is 9.20 Å². The molecular formula is C17H16N2O. The van der Waals surface area contributed by atoms with E-state index in [4.69, 9.17) is 0 Å². The second-order valence-corrected chi connectivity index (χ2v) is 5.15. The molecule has 0 amide bonds. The first-order chi connectivity index (χ1) is 9.61. The molecule has 100 valence electrons. The van der Waals surface area contributed by atoms with E-state index in [1.54, 1.807) is 0 Å². The fourth-order valence-electron chi connectivity index (χ4n) is 2.51. The normalized spacial score (nSPS) is 10.9. The summed E-state index contributed by atoms with van der Waals surface area (Å²) in [4.78, 5) is 15.8. The quantitative estimate of drug-likeness (QED) is 0.661. The Hall–Kier alpha value is -2.42. The number of carbonyl (C=O) groups is 1. The lowest BCUT2D eigenvalue weighted by atomic mass is 10.1. The van der Waals surface area contributed by atoms with Crippen LogP contribution in [-0.2, 0) is 0 Å². The van der Waals surface area contributed by atoms with Crippen LogP contribution in [0.25, 0.3) is 16.9 Å². The molecule has 0 radical (unpaired) electrons. The van der Waals surface area contributed by atoms with Gasteiger partial charge >= 0.3 is 0 Å². The number of aryl methyl sites for hydroxylation is 3. The second-order valence-electron chi connectivity index (χ2n) is 5.15. The number of hydrogen-bond acceptors (Lipinski definition) is 2. The van der Waals surface area contributed by atoms with E-state index in [-0.39, 0.29) is 0 Å². The van der Waals surface area contributed by atoms with Crippen molar-refractivity contribution in [2.45, 2.75) is 20.8 Å². The fraction of sp³-hybridized carbons (Fsp3) is 0.176. The first-order valence-electron chi connectivity index (χ1n) is 6.62. The van der Waals surface area contributed by atoms with Crippen molar-refractivity contribution in [3.05, 3.63) is 58.9 Å². The van der Waals surface area contributed by atoms with Crippen molar-refractivity contribution in [3.8, 4) is 11.4 Å². The van der Waals surface area contributed by atoms with E-state index >= 15 is 0 Å². The van der Waals surface area contributed by atoms with Gasteiger partial charge in [-0.05, 0) is 49.6 Å². The number of carbonyl (C=O) groups excluding carboxylic acids is 1. The van der Waals surface area contributed by atoms with Crippen molar-refractivity contribution in [1.29, 1.82) is 0 Å². The molecule has 0 aliphatic carbocycles. The smallest absolute Gasteiger partial charge is 0.170 e. The van der Waals surface area contributed by atoms with E-state index in [0.29, 0.717) is 5.69 Å². The molecule has 0 N–H and O–H groups in total. The summed E-state index contributed by atoms with van der Waals surface area (Å²) in [6.07, 6.45) is 2.78. The van der Waals surface area contributed by atoms with Gasteiger partial charge in [-0.25, -0.2) is 4.98 Å². The standard InChI is InChI=1S/C17H16N2O/c1-11-6-7-14(9-13(11)3)17-18-15(10-20)16-12(2)5-4-8-19(16)17/h4-10H,1-3H3. The molecule has 0 unspecified atom stereocenters. The van der Waals surface area contributed by atoms with E-state index in [2.05, 4.69) is 31.0 Å². The molecule has 0 saturated heterocycles. The van der Waals surface area contributed by atoms with E-state index in [1.165, 1.54) is 11.1 Å². The molecule has 1 aromatic carbocycles. The van der Waals surface area contributed by atoms with Gasteiger partial charge in [0.2, 0.25) is 0 Å². The van der Waals surface area contributed by atoms with Crippen molar-refractivity contribution in [2.75, 3.05) is 0 Å². The largest absolute Gasteiger partial charge is 0.299 e. The monoisotopic (exact) mass is 264 g/mol. The third kappa shape index (κ3) is 1.83. The maximum absolute atomic E-state index is 11.3. The molecule has 0 aliphatic rings. The molecule has 3 nitrogen and oxygen atoms in total. The van der Waals surface area contributed by atoms with Gasteiger partial charge in [0, 0.05) is 11.8 Å². The maximum Gasteiger partial charge on any atom is 0.170 e. The molecule has 0 saturated carbocycles. The van der Waals surface area contributed by atoms with Crippen LogP contribution in [0.15, 0.2) is 36.5 Å². The summed E-state index contributed by atoms with van der Waals surface area (Å²) in [7, 11) is 0. The highest BCUT2D eigenvalue weighted by Crippen LogP contribution is 2.25. The van der Waals surface area contributed by atoms with Crippen molar-refractivity contribution in [3.63, 3.8) is 0 Å². The lowest BCUT2D eigenvalue weighted by Crippen LogP contribution is -1.91. The highest BCUT2D eigenvalue weighted by atomic mass is 16.1. The summed E-state index contributed by atoms with van der Waals surface area (Å²) in [6.45, 7) is 6.17. The van der Waals surface area contributed by atoms with Gasteiger partial charge in [0.15, 0.2) is 6.29 Å². The van der Waals surface area contributed by atoms with Crippen LogP contribution in [0.3, 0.4) is 0 Å². The van der Waals surface area contributed by atoms with Crippen LogP contribution in [0.4, 0.5) is 0 Å². The average molecular weight is 264 g/mol. The SMILES string of the molecule is Cc1ccc(-c2nc(C=O)c3c(C)cccn23)cc1C. The molecule has 2 aromatic heterocycles. The van der Waals surface area contributed by atoms with Crippen molar-refractivity contribution in [1.82, 2.24) is 9.38 Å². The summed E-state index contributed by atoms with van der Waals surface area (Å²) >= 11 is 0. The maximum atomic E-state index is 11.3. The molecule has 3 rings (SSSR count). The molecular weight excluding hydrogens is 248 g/mol. The van der Waals surface area contributed by atoms with E-state index in [9.17, 15) is 4.79 Å². The third-order valence-electron chi connectivity index (χ3n) is 3.77. The molecule has 0 atom stereocenters. The van der Waals surface area contributed by atoms with Gasteiger partial charge in [0.1, 0.15) is 11.5 Å². The Morgan fingerprint density at radius 2 is 1.85 bits per heavy atom. The van der Waals surface area contributed by atoms with Crippen LogP contribution in [0.5, 0.6) is 0 Å². The minimum absolute atomic E-state index is 0.497. The Kier molecular flexibility index (Phi) is 2.90. The van der Waals surface area contributed by atoms with Crippen LogP contribution < -0.4 is 0 Å². The predicted octanol–water partition coefficient (Wildman–Crippen LogP) is 3.74. The molecule has 0 aliphatic heterocycles. The van der Waals surface area contributed by atoms with Crippen molar-refractivity contribution >= 4 is 11.8 Å². The van der Waals surface area contributed by atoms with Crippen molar-refractivity contribution in [2.24, 2.45) is 0 Å². The summed E-state index contributed by atoms with van der Waals surface area (Å²) in [6, 6.07) is 10.2. The number of rotatable bonds is 2. The summed E-state index contributed by atoms with van der Waals surface area (Å²) in [5.74, 6) is 0.814. The van der Waals surface area contributed by atoms with Gasteiger partial charge in [0.05, 0.1) is 5.52 Å². The number of imidazole rings is 1. The zero-order chi connectivity index (χ0) is 14.3. The number of nitrogens with zero attached hydrogens (tertiary/aromatic N) is 2. The van der Waals surface area contributed by atoms with Gasteiger partial charge in [-0.15, -0.1) is 0 Å². The molecule has 0 spiro atoms. The number of fused-ring (bicyclic) bond motifs is 1. The first-order valence-corrected chi connectivity index (χ1v) is 6.62. The number of hydrogen-bond donors (Lipinski definition) is 0. The molecule has 0 bridgehead atoms. The minimum atomic E-state index is 0.497. The second kappa shape index (κ2) is 4.60. The Morgan fingerprint density at radius 1 is 1.05 bits per heavy atom. The Bertz CT molecular complexity index is 815. The lowest BCUT2D eigenvalue weighted by Gasteiger charge is -2.05. The molecule has 0 fully saturated rings. The van der Waals surface area contributed by atoms with Crippen LogP contribution >= 0.6 is 0 Å². The van der Waals surface area contributed by atoms with Gasteiger partial charge < -0.3 is 0 Å². The molecule has 20 heavy (non-hydrogen) atoms. The van der Waals surface area contributed by atoms with E-state index < -0.39 is 0 Å². The van der Waals surface area contributed by atoms with E-state index in [1.807, 2.05) is 35.7 Å². The summed E-state index contributed by atoms with van der Waals surface area (Å²) in [5, 5.41) is 0. The first kappa shape index (κ1) is 12.6. The Balaban J connectivity index is 2.34. The highest BCUT2D eigenvalue weighted by Gasteiger charge is 2.13. The van der Waals surface area contributed by atoms with E-state index in [0.717, 1.165) is 28.8 Å². The number of aromatic nitrogens is 2. The number of aldehydes is 1. The van der Waals surface area contributed by atoms with Crippen molar-refractivity contribution < 1.29 is 4.79 Å². The Labute approximate surface area is 117 Å². The van der Waals surface area contributed by atoms with Gasteiger partial charge in [-0.2, -0.15) is 0 Å². The van der Waals surface area contributed by atoms with Gasteiger partial charge in [-0.1, -0.05) is 18.2 Å².